The summed E-state index contributed by atoms with van der Waals surface area (Å²) in [4.78, 5) is 6.23. The maximum Gasteiger partial charge on any atom is 0.215 e. The van der Waals surface area contributed by atoms with E-state index in [9.17, 15) is 16.8 Å². The summed E-state index contributed by atoms with van der Waals surface area (Å²) in [5.74, 6) is 0.861. The van der Waals surface area contributed by atoms with Gasteiger partial charge in [-0.15, -0.1) is 11.3 Å². The summed E-state index contributed by atoms with van der Waals surface area (Å²) in [7, 11) is -5.11. The van der Waals surface area contributed by atoms with Crippen molar-refractivity contribution in [2.45, 2.75) is 60.8 Å². The van der Waals surface area contributed by atoms with Crippen LogP contribution < -0.4 is 4.74 Å². The highest BCUT2D eigenvalue weighted by atomic mass is 32.2. The second-order valence-corrected chi connectivity index (χ2v) is 15.1. The van der Waals surface area contributed by atoms with Crippen molar-refractivity contribution in [3.63, 3.8) is 0 Å². The number of methoxy groups -OCH3 is 1. The van der Waals surface area contributed by atoms with Crippen LogP contribution >= 0.6 is 11.3 Å². The van der Waals surface area contributed by atoms with Crippen LogP contribution in [0.3, 0.4) is 0 Å². The fraction of sp³-hybridized carbons (Fsp3) is 0.600. The zero-order valence-corrected chi connectivity index (χ0v) is 23.7. The van der Waals surface area contributed by atoms with Gasteiger partial charge < -0.3 is 4.74 Å². The number of sulfone groups is 1. The van der Waals surface area contributed by atoms with Gasteiger partial charge in [0.1, 0.15) is 9.96 Å². The van der Waals surface area contributed by atoms with E-state index in [0.29, 0.717) is 41.6 Å². The Morgan fingerprint density at radius 1 is 0.972 bits per heavy atom. The minimum absolute atomic E-state index is 0.235. The van der Waals surface area contributed by atoms with Crippen LogP contribution in [0.5, 0.6) is 5.75 Å². The minimum Gasteiger partial charge on any atom is -0.497 e. The van der Waals surface area contributed by atoms with Gasteiger partial charge in [-0.3, -0.25) is 9.80 Å². The predicted octanol–water partition coefficient (Wildman–Crippen LogP) is 3.30. The van der Waals surface area contributed by atoms with Crippen molar-refractivity contribution in [2.75, 3.05) is 45.6 Å². The summed E-state index contributed by atoms with van der Waals surface area (Å²) in [5, 5.41) is 0. The Kier molecular flexibility index (Phi) is 8.79. The SMILES string of the molecule is CCCS(=O)(=O)N1CCC(N2CCN(Cc3ccc(S(=O)(=O)c4ccc(OC)cc4)s3)[C@H](C)C2)CC1. The molecule has 2 aromatic rings. The van der Waals surface area contributed by atoms with Gasteiger partial charge in [0.2, 0.25) is 19.9 Å². The normalized spacial score (nSPS) is 21.6. The molecule has 0 bridgehead atoms. The molecule has 2 aliphatic rings. The van der Waals surface area contributed by atoms with E-state index in [4.69, 9.17) is 4.74 Å². The molecule has 3 heterocycles. The van der Waals surface area contributed by atoms with Crippen LogP contribution in [0.25, 0.3) is 0 Å². The number of hydrogen-bond donors (Lipinski definition) is 0. The lowest BCUT2D eigenvalue weighted by Crippen LogP contribution is -2.56. The molecule has 0 saturated carbocycles. The smallest absolute Gasteiger partial charge is 0.215 e. The third-order valence-corrected chi connectivity index (χ3v) is 12.6. The van der Waals surface area contributed by atoms with Crippen molar-refractivity contribution in [1.82, 2.24) is 14.1 Å². The third-order valence-electron chi connectivity index (χ3n) is 7.22. The maximum atomic E-state index is 13.1. The first kappa shape index (κ1) is 27.5. The van der Waals surface area contributed by atoms with Crippen LogP contribution in [0.2, 0.25) is 0 Å². The second kappa shape index (κ2) is 11.5. The number of ether oxygens (including phenoxy) is 1. The standard InChI is InChI=1S/C25H37N3O5S3/c1-4-17-35(29,30)28-13-11-21(12-14-28)27-16-15-26(20(2)18-27)19-23-7-10-25(34-23)36(31,32)24-8-5-22(33-3)6-9-24/h5-10,20-21H,4,11-19H2,1-3H3/t20-/m1/s1. The average molecular weight is 556 g/mol. The summed E-state index contributed by atoms with van der Waals surface area (Å²) >= 11 is 1.34. The molecule has 1 aromatic heterocycles. The molecule has 2 fully saturated rings. The van der Waals surface area contributed by atoms with Gasteiger partial charge in [0, 0.05) is 56.2 Å². The minimum atomic E-state index is -3.55. The molecule has 0 amide bonds. The number of piperazine rings is 1. The summed E-state index contributed by atoms with van der Waals surface area (Å²) in [6.07, 6.45) is 2.42. The second-order valence-electron chi connectivity index (χ2n) is 9.66. The number of rotatable bonds is 9. The molecule has 0 unspecified atom stereocenters. The molecule has 1 atom stereocenters. The Hall–Kier alpha value is -1.50. The van der Waals surface area contributed by atoms with Gasteiger partial charge in [0.25, 0.3) is 0 Å². The van der Waals surface area contributed by atoms with Gasteiger partial charge in [-0.25, -0.2) is 21.1 Å². The number of benzene rings is 1. The first-order chi connectivity index (χ1) is 17.1. The highest BCUT2D eigenvalue weighted by molar-refractivity contribution is 7.93. The molecule has 0 N–H and O–H groups in total. The van der Waals surface area contributed by atoms with E-state index >= 15 is 0 Å². The Bertz CT molecular complexity index is 1220. The molecule has 0 aliphatic carbocycles. The van der Waals surface area contributed by atoms with Crippen molar-refractivity contribution < 1.29 is 21.6 Å². The Balaban J connectivity index is 1.32. The molecule has 1 aromatic carbocycles. The van der Waals surface area contributed by atoms with Crippen LogP contribution in [-0.2, 0) is 26.4 Å². The molecule has 2 saturated heterocycles. The third kappa shape index (κ3) is 6.14. The quantitative estimate of drug-likeness (QED) is 0.469. The Labute approximate surface area is 219 Å². The number of sulfonamides is 1. The van der Waals surface area contributed by atoms with Gasteiger partial charge in [-0.1, -0.05) is 6.92 Å². The van der Waals surface area contributed by atoms with Gasteiger partial charge in [-0.05, 0) is 62.6 Å². The first-order valence-corrected chi connectivity index (χ1v) is 16.5. The molecular formula is C25H37N3O5S3. The van der Waals surface area contributed by atoms with Gasteiger partial charge in [0.05, 0.1) is 17.8 Å². The molecule has 11 heteroatoms. The van der Waals surface area contributed by atoms with E-state index < -0.39 is 19.9 Å². The van der Waals surface area contributed by atoms with Crippen LogP contribution in [0, 0.1) is 0 Å². The average Bonchev–Trinajstić information content (AvgIpc) is 3.35. The number of hydrogen-bond acceptors (Lipinski definition) is 8. The van der Waals surface area contributed by atoms with E-state index in [1.165, 1.54) is 11.3 Å². The van der Waals surface area contributed by atoms with Crippen LogP contribution in [-0.4, -0.2) is 88.6 Å². The van der Waals surface area contributed by atoms with Crippen molar-refractivity contribution in [3.05, 3.63) is 41.3 Å². The van der Waals surface area contributed by atoms with E-state index in [2.05, 4.69) is 16.7 Å². The summed E-state index contributed by atoms with van der Waals surface area (Å²) < 4.78 is 58.0. The molecule has 8 nitrogen and oxygen atoms in total. The lowest BCUT2D eigenvalue weighted by molar-refractivity contribution is 0.0358. The lowest BCUT2D eigenvalue weighted by atomic mass is 10.0. The van der Waals surface area contributed by atoms with E-state index in [-0.39, 0.29) is 10.6 Å². The van der Waals surface area contributed by atoms with E-state index in [1.807, 2.05) is 13.0 Å². The monoisotopic (exact) mass is 555 g/mol. The van der Waals surface area contributed by atoms with Crippen LogP contribution in [0.4, 0.5) is 0 Å². The number of nitrogens with zero attached hydrogens (tertiary/aromatic N) is 3. The van der Waals surface area contributed by atoms with E-state index in [1.54, 1.807) is 41.7 Å². The van der Waals surface area contributed by atoms with Gasteiger partial charge in [-0.2, -0.15) is 0 Å². The topological polar surface area (TPSA) is 87.2 Å². The molecule has 2 aliphatic heterocycles. The summed E-state index contributed by atoms with van der Waals surface area (Å²) in [5.41, 5.74) is 0. The van der Waals surface area contributed by atoms with Crippen LogP contribution in [0.15, 0.2) is 45.5 Å². The molecule has 4 rings (SSSR count). The van der Waals surface area contributed by atoms with Crippen molar-refractivity contribution in [3.8, 4) is 5.75 Å². The van der Waals surface area contributed by atoms with Gasteiger partial charge >= 0.3 is 0 Å². The largest absolute Gasteiger partial charge is 0.497 e. The van der Waals surface area contributed by atoms with Crippen molar-refractivity contribution in [1.29, 1.82) is 0 Å². The van der Waals surface area contributed by atoms with Crippen molar-refractivity contribution in [2.24, 2.45) is 0 Å². The van der Waals surface area contributed by atoms with Crippen molar-refractivity contribution >= 4 is 31.2 Å². The first-order valence-electron chi connectivity index (χ1n) is 12.6. The Morgan fingerprint density at radius 3 is 2.28 bits per heavy atom. The highest BCUT2D eigenvalue weighted by Crippen LogP contribution is 2.30. The molecule has 36 heavy (non-hydrogen) atoms. The molecular weight excluding hydrogens is 518 g/mol. The zero-order valence-electron chi connectivity index (χ0n) is 21.3. The maximum absolute atomic E-state index is 13.1. The zero-order chi connectivity index (χ0) is 25.9. The Morgan fingerprint density at radius 2 is 1.67 bits per heavy atom. The number of thiophene rings is 1. The summed E-state index contributed by atoms with van der Waals surface area (Å²) in [6.45, 7) is 8.87. The summed E-state index contributed by atoms with van der Waals surface area (Å²) in [6, 6.07) is 10.9. The highest BCUT2D eigenvalue weighted by Gasteiger charge is 2.33. The lowest BCUT2D eigenvalue weighted by Gasteiger charge is -2.45. The number of piperidine rings is 1. The van der Waals surface area contributed by atoms with E-state index in [0.717, 1.165) is 43.9 Å². The fourth-order valence-electron chi connectivity index (χ4n) is 5.12. The molecule has 0 radical (unpaired) electrons. The molecule has 200 valence electrons. The fourth-order valence-corrected chi connectivity index (χ4v) is 9.45. The van der Waals surface area contributed by atoms with Gasteiger partial charge in [0.15, 0.2) is 0 Å². The predicted molar refractivity (Wildman–Crippen MR) is 143 cm³/mol. The molecule has 0 spiro atoms. The van der Waals surface area contributed by atoms with Crippen LogP contribution in [0.1, 0.15) is 38.0 Å².